The normalized spacial score (nSPS) is 14.2. The van der Waals surface area contributed by atoms with Crippen LogP contribution < -0.4 is 5.73 Å². The maximum absolute atomic E-state index is 13.1. The van der Waals surface area contributed by atoms with E-state index in [2.05, 4.69) is 9.88 Å². The fraction of sp³-hybridized carbons (Fsp3) is 0.353. The van der Waals surface area contributed by atoms with Crippen molar-refractivity contribution in [3.8, 4) is 0 Å². The molecule has 4 heteroatoms. The molecule has 0 aliphatic rings. The van der Waals surface area contributed by atoms with E-state index in [1.807, 2.05) is 39.1 Å². The molecule has 0 saturated carbocycles. The van der Waals surface area contributed by atoms with Crippen LogP contribution in [0.1, 0.15) is 29.9 Å². The van der Waals surface area contributed by atoms with Crippen molar-refractivity contribution in [2.75, 3.05) is 7.05 Å². The number of nitrogens with zero attached hydrogens (tertiary/aromatic N) is 2. The predicted molar refractivity (Wildman–Crippen MR) is 83.2 cm³/mol. The Balaban J connectivity index is 2.19. The molecule has 0 amide bonds. The van der Waals surface area contributed by atoms with Gasteiger partial charge in [-0.3, -0.25) is 9.88 Å². The molecule has 2 N–H and O–H groups in total. The van der Waals surface area contributed by atoms with E-state index in [-0.39, 0.29) is 17.9 Å². The molecule has 1 heterocycles. The molecule has 0 aliphatic heterocycles. The summed E-state index contributed by atoms with van der Waals surface area (Å²) < 4.78 is 13.1. The summed E-state index contributed by atoms with van der Waals surface area (Å²) in [4.78, 5) is 6.67. The largest absolute Gasteiger partial charge is 0.326 e. The fourth-order valence-corrected chi connectivity index (χ4v) is 2.66. The number of hydrogen-bond donors (Lipinski definition) is 1. The van der Waals surface area contributed by atoms with Gasteiger partial charge >= 0.3 is 0 Å². The average Bonchev–Trinajstić information content (AvgIpc) is 2.41. The van der Waals surface area contributed by atoms with E-state index < -0.39 is 0 Å². The molecule has 2 unspecified atom stereocenters. The van der Waals surface area contributed by atoms with Crippen LogP contribution in [0.2, 0.25) is 0 Å². The van der Waals surface area contributed by atoms with Crippen molar-refractivity contribution in [2.45, 2.75) is 32.5 Å². The van der Waals surface area contributed by atoms with E-state index in [0.717, 1.165) is 17.0 Å². The van der Waals surface area contributed by atoms with Crippen molar-refractivity contribution in [1.29, 1.82) is 0 Å². The number of rotatable bonds is 5. The minimum atomic E-state index is -0.231. The van der Waals surface area contributed by atoms with Gasteiger partial charge in [0.1, 0.15) is 5.82 Å². The number of likely N-dealkylation sites (N-methyl/N-ethyl adjacent to an activating group) is 1. The SMILES string of the molecule is Cc1cccc(CN(C)C(c2ccc(F)cc2)C(C)N)n1. The molecular formula is C17H22FN3. The Labute approximate surface area is 125 Å². The van der Waals surface area contributed by atoms with Crippen molar-refractivity contribution in [3.05, 3.63) is 65.2 Å². The Bertz CT molecular complexity index is 581. The highest BCUT2D eigenvalue weighted by Crippen LogP contribution is 2.24. The third-order valence-electron chi connectivity index (χ3n) is 3.54. The smallest absolute Gasteiger partial charge is 0.123 e. The highest BCUT2D eigenvalue weighted by molar-refractivity contribution is 5.22. The Morgan fingerprint density at radius 1 is 1.19 bits per heavy atom. The number of pyridine rings is 1. The van der Waals surface area contributed by atoms with Crippen molar-refractivity contribution in [1.82, 2.24) is 9.88 Å². The summed E-state index contributed by atoms with van der Waals surface area (Å²) in [6, 6.07) is 12.5. The van der Waals surface area contributed by atoms with E-state index in [9.17, 15) is 4.39 Å². The van der Waals surface area contributed by atoms with E-state index in [0.29, 0.717) is 6.54 Å². The number of nitrogens with two attached hydrogens (primary N) is 1. The zero-order valence-electron chi connectivity index (χ0n) is 12.8. The number of benzene rings is 1. The molecule has 21 heavy (non-hydrogen) atoms. The molecule has 1 aromatic carbocycles. The molecule has 2 atom stereocenters. The van der Waals surface area contributed by atoms with Crippen LogP contribution in [0.5, 0.6) is 0 Å². The molecular weight excluding hydrogens is 265 g/mol. The molecule has 112 valence electrons. The fourth-order valence-electron chi connectivity index (χ4n) is 2.66. The van der Waals surface area contributed by atoms with Crippen LogP contribution in [0.3, 0.4) is 0 Å². The summed E-state index contributed by atoms with van der Waals surface area (Å²) in [7, 11) is 2.02. The molecule has 1 aromatic heterocycles. The van der Waals surface area contributed by atoms with Crippen molar-refractivity contribution in [3.63, 3.8) is 0 Å². The summed E-state index contributed by atoms with van der Waals surface area (Å²) in [5, 5.41) is 0. The van der Waals surface area contributed by atoms with Crippen LogP contribution in [0, 0.1) is 12.7 Å². The van der Waals surface area contributed by atoms with Gasteiger partial charge < -0.3 is 5.73 Å². The minimum Gasteiger partial charge on any atom is -0.326 e. The van der Waals surface area contributed by atoms with Crippen LogP contribution in [-0.2, 0) is 6.54 Å². The van der Waals surface area contributed by atoms with Gasteiger partial charge in [0.2, 0.25) is 0 Å². The lowest BCUT2D eigenvalue weighted by molar-refractivity contribution is 0.208. The minimum absolute atomic E-state index is 0.0212. The Hall–Kier alpha value is -1.78. The molecule has 0 bridgehead atoms. The van der Waals surface area contributed by atoms with Gasteiger partial charge in [0, 0.05) is 24.3 Å². The average molecular weight is 287 g/mol. The van der Waals surface area contributed by atoms with Gasteiger partial charge in [0.25, 0.3) is 0 Å². The second kappa shape index (κ2) is 6.78. The topological polar surface area (TPSA) is 42.1 Å². The summed E-state index contributed by atoms with van der Waals surface area (Å²) >= 11 is 0. The Morgan fingerprint density at radius 3 is 2.43 bits per heavy atom. The third-order valence-corrected chi connectivity index (χ3v) is 3.54. The number of hydrogen-bond acceptors (Lipinski definition) is 3. The zero-order valence-corrected chi connectivity index (χ0v) is 12.8. The first kappa shape index (κ1) is 15.6. The number of aryl methyl sites for hydroxylation is 1. The van der Waals surface area contributed by atoms with Crippen molar-refractivity contribution >= 4 is 0 Å². The van der Waals surface area contributed by atoms with Crippen molar-refractivity contribution in [2.24, 2.45) is 5.73 Å². The number of aromatic nitrogens is 1. The third kappa shape index (κ3) is 4.09. The van der Waals surface area contributed by atoms with Crippen LogP contribution in [0.25, 0.3) is 0 Å². The lowest BCUT2D eigenvalue weighted by Gasteiger charge is -2.31. The van der Waals surface area contributed by atoms with Crippen LogP contribution in [-0.4, -0.2) is 23.0 Å². The van der Waals surface area contributed by atoms with Gasteiger partial charge in [-0.25, -0.2) is 4.39 Å². The van der Waals surface area contributed by atoms with Crippen LogP contribution >= 0.6 is 0 Å². The van der Waals surface area contributed by atoms with E-state index >= 15 is 0 Å². The highest BCUT2D eigenvalue weighted by Gasteiger charge is 2.21. The summed E-state index contributed by atoms with van der Waals surface area (Å²) in [5.41, 5.74) is 9.16. The first-order valence-corrected chi connectivity index (χ1v) is 7.11. The molecule has 0 fully saturated rings. The first-order valence-electron chi connectivity index (χ1n) is 7.11. The number of halogens is 1. The Morgan fingerprint density at radius 2 is 1.86 bits per heavy atom. The maximum Gasteiger partial charge on any atom is 0.123 e. The summed E-state index contributed by atoms with van der Waals surface area (Å²) in [5.74, 6) is -0.231. The van der Waals surface area contributed by atoms with Crippen molar-refractivity contribution < 1.29 is 4.39 Å². The monoisotopic (exact) mass is 287 g/mol. The first-order chi connectivity index (χ1) is 9.97. The van der Waals surface area contributed by atoms with E-state index in [1.165, 1.54) is 12.1 Å². The highest BCUT2D eigenvalue weighted by atomic mass is 19.1. The lowest BCUT2D eigenvalue weighted by atomic mass is 9.99. The quantitative estimate of drug-likeness (QED) is 0.919. The second-order valence-electron chi connectivity index (χ2n) is 5.54. The predicted octanol–water partition coefficient (Wildman–Crippen LogP) is 3.05. The van der Waals surface area contributed by atoms with Crippen LogP contribution in [0.15, 0.2) is 42.5 Å². The summed E-state index contributed by atoms with van der Waals surface area (Å²) in [6.45, 7) is 4.64. The van der Waals surface area contributed by atoms with E-state index in [4.69, 9.17) is 5.73 Å². The van der Waals surface area contributed by atoms with Gasteiger partial charge in [-0.15, -0.1) is 0 Å². The molecule has 0 aliphatic carbocycles. The molecule has 0 saturated heterocycles. The van der Waals surface area contributed by atoms with Gasteiger partial charge in [-0.05, 0) is 50.7 Å². The Kier molecular flexibility index (Phi) is 5.04. The second-order valence-corrected chi connectivity index (χ2v) is 5.54. The maximum atomic E-state index is 13.1. The summed E-state index contributed by atoms with van der Waals surface area (Å²) in [6.07, 6.45) is 0. The van der Waals surface area contributed by atoms with Gasteiger partial charge in [-0.1, -0.05) is 18.2 Å². The molecule has 3 nitrogen and oxygen atoms in total. The zero-order chi connectivity index (χ0) is 15.4. The lowest BCUT2D eigenvalue weighted by Crippen LogP contribution is -2.37. The van der Waals surface area contributed by atoms with Gasteiger partial charge in [0.05, 0.1) is 5.69 Å². The molecule has 2 aromatic rings. The standard InChI is InChI=1S/C17H22FN3/c1-12-5-4-6-16(20-12)11-21(3)17(13(2)19)14-7-9-15(18)10-8-14/h4-10,13,17H,11,19H2,1-3H3. The van der Waals surface area contributed by atoms with Crippen LogP contribution in [0.4, 0.5) is 4.39 Å². The van der Waals surface area contributed by atoms with E-state index in [1.54, 1.807) is 12.1 Å². The molecule has 2 rings (SSSR count). The molecule has 0 spiro atoms. The van der Waals surface area contributed by atoms with Gasteiger partial charge in [0.15, 0.2) is 0 Å². The van der Waals surface area contributed by atoms with Gasteiger partial charge in [-0.2, -0.15) is 0 Å². The molecule has 0 radical (unpaired) electrons.